The van der Waals surface area contributed by atoms with E-state index in [2.05, 4.69) is 5.32 Å². The Morgan fingerprint density at radius 3 is 2.82 bits per heavy atom. The molecule has 2 heterocycles. The minimum Gasteiger partial charge on any atom is -0.378 e. The van der Waals surface area contributed by atoms with Gasteiger partial charge in [-0.2, -0.15) is 0 Å². The van der Waals surface area contributed by atoms with E-state index in [-0.39, 0.29) is 6.03 Å². The second-order valence-electron chi connectivity index (χ2n) is 4.91. The highest BCUT2D eigenvalue weighted by Crippen LogP contribution is 2.09. The Bertz CT molecular complexity index is 248. The summed E-state index contributed by atoms with van der Waals surface area (Å²) < 4.78 is 5.25. The van der Waals surface area contributed by atoms with E-state index in [1.54, 1.807) is 0 Å². The number of piperidine rings is 1. The maximum atomic E-state index is 12.1. The highest BCUT2D eigenvalue weighted by Gasteiger charge is 2.23. The molecule has 2 amide bonds. The van der Waals surface area contributed by atoms with Crippen LogP contribution in [0, 0.1) is 0 Å². The van der Waals surface area contributed by atoms with Crippen molar-refractivity contribution in [2.75, 3.05) is 46.4 Å². The Balaban J connectivity index is 1.77. The van der Waals surface area contributed by atoms with Crippen LogP contribution in [0.25, 0.3) is 0 Å². The Morgan fingerprint density at radius 1 is 1.41 bits per heavy atom. The third-order valence-electron chi connectivity index (χ3n) is 3.51. The van der Waals surface area contributed by atoms with E-state index in [1.807, 2.05) is 16.8 Å². The van der Waals surface area contributed by atoms with Gasteiger partial charge in [-0.1, -0.05) is 6.42 Å². The first-order valence-electron chi connectivity index (χ1n) is 6.58. The van der Waals surface area contributed by atoms with Crippen LogP contribution in [-0.2, 0) is 4.74 Å². The molecule has 0 aromatic heterocycles. The van der Waals surface area contributed by atoms with E-state index >= 15 is 0 Å². The number of urea groups is 1. The molecule has 2 aliphatic heterocycles. The zero-order chi connectivity index (χ0) is 12.1. The summed E-state index contributed by atoms with van der Waals surface area (Å²) in [6.07, 6.45) is 3.72. The molecule has 98 valence electrons. The van der Waals surface area contributed by atoms with Crippen LogP contribution < -0.4 is 5.32 Å². The lowest BCUT2D eigenvalue weighted by atomic mass is 10.0. The second kappa shape index (κ2) is 6.21. The monoisotopic (exact) mass is 241 g/mol. The van der Waals surface area contributed by atoms with E-state index in [9.17, 15) is 4.79 Å². The van der Waals surface area contributed by atoms with Gasteiger partial charge in [-0.05, 0) is 19.4 Å². The number of hydrogen-bond acceptors (Lipinski definition) is 3. The molecule has 0 radical (unpaired) electrons. The maximum absolute atomic E-state index is 12.1. The third-order valence-corrected chi connectivity index (χ3v) is 3.51. The Labute approximate surface area is 103 Å². The number of carbonyl (C=O) groups excluding carboxylic acids is 1. The molecule has 5 nitrogen and oxygen atoms in total. The van der Waals surface area contributed by atoms with Gasteiger partial charge in [0, 0.05) is 32.7 Å². The fourth-order valence-corrected chi connectivity index (χ4v) is 2.48. The van der Waals surface area contributed by atoms with Gasteiger partial charge in [0.25, 0.3) is 0 Å². The van der Waals surface area contributed by atoms with E-state index in [4.69, 9.17) is 4.74 Å². The fourth-order valence-electron chi connectivity index (χ4n) is 2.48. The van der Waals surface area contributed by atoms with Crippen LogP contribution >= 0.6 is 0 Å². The van der Waals surface area contributed by atoms with Gasteiger partial charge < -0.3 is 19.9 Å². The number of morpholine rings is 1. The molecule has 1 atom stereocenters. The Kier molecular flexibility index (Phi) is 4.62. The topological polar surface area (TPSA) is 44.8 Å². The molecule has 0 aromatic rings. The van der Waals surface area contributed by atoms with Crippen LogP contribution in [0.3, 0.4) is 0 Å². The molecule has 1 N–H and O–H groups in total. The number of likely N-dealkylation sites (N-methyl/N-ethyl adjacent to an activating group) is 1. The Morgan fingerprint density at radius 2 is 2.18 bits per heavy atom. The molecule has 2 saturated heterocycles. The number of ether oxygens (including phenoxy) is 1. The van der Waals surface area contributed by atoms with Crippen molar-refractivity contribution in [1.82, 2.24) is 15.1 Å². The molecule has 2 fully saturated rings. The summed E-state index contributed by atoms with van der Waals surface area (Å²) in [5.74, 6) is 0. The molecule has 5 heteroatoms. The van der Waals surface area contributed by atoms with Crippen molar-refractivity contribution in [3.05, 3.63) is 0 Å². The number of rotatable bonds is 2. The first-order valence-corrected chi connectivity index (χ1v) is 6.58. The van der Waals surface area contributed by atoms with Crippen molar-refractivity contribution >= 4 is 6.03 Å². The Hall–Kier alpha value is -0.810. The molecule has 2 rings (SSSR count). The zero-order valence-corrected chi connectivity index (χ0v) is 10.7. The van der Waals surface area contributed by atoms with Gasteiger partial charge in [-0.15, -0.1) is 0 Å². The normalized spacial score (nSPS) is 25.7. The van der Waals surface area contributed by atoms with Crippen molar-refractivity contribution in [3.63, 3.8) is 0 Å². The molecule has 0 spiro atoms. The van der Waals surface area contributed by atoms with Crippen LogP contribution in [-0.4, -0.2) is 68.3 Å². The average molecular weight is 241 g/mol. The van der Waals surface area contributed by atoms with E-state index in [1.165, 1.54) is 19.3 Å². The molecule has 1 unspecified atom stereocenters. The molecular formula is C12H23N3O2. The minimum atomic E-state index is 0.140. The average Bonchev–Trinajstić information content (AvgIpc) is 2.40. The van der Waals surface area contributed by atoms with E-state index in [0.717, 1.165) is 26.2 Å². The summed E-state index contributed by atoms with van der Waals surface area (Å²) in [5, 5.41) is 3.47. The standard InChI is InChI=1S/C12H23N3O2/c1-14(10-11-4-2-3-5-13-11)12(16)15-6-8-17-9-7-15/h11,13H,2-10H2,1H3. The van der Waals surface area contributed by atoms with E-state index < -0.39 is 0 Å². The summed E-state index contributed by atoms with van der Waals surface area (Å²) in [6, 6.07) is 0.611. The lowest BCUT2D eigenvalue weighted by molar-refractivity contribution is 0.0444. The predicted molar refractivity (Wildman–Crippen MR) is 66.1 cm³/mol. The summed E-state index contributed by atoms with van der Waals surface area (Å²) >= 11 is 0. The van der Waals surface area contributed by atoms with Gasteiger partial charge in [0.1, 0.15) is 0 Å². The zero-order valence-electron chi connectivity index (χ0n) is 10.7. The molecule has 0 saturated carbocycles. The first-order chi connectivity index (χ1) is 8.27. The van der Waals surface area contributed by atoms with Gasteiger partial charge in [0.2, 0.25) is 0 Å². The SMILES string of the molecule is CN(CC1CCCCN1)C(=O)N1CCOCC1. The fraction of sp³-hybridized carbons (Fsp3) is 0.917. The molecule has 0 bridgehead atoms. The van der Waals surface area contributed by atoms with Gasteiger partial charge in [-0.3, -0.25) is 0 Å². The molecule has 0 aliphatic carbocycles. The summed E-state index contributed by atoms with van der Waals surface area (Å²) in [5.41, 5.74) is 0. The summed E-state index contributed by atoms with van der Waals surface area (Å²) in [4.78, 5) is 15.9. The van der Waals surface area contributed by atoms with E-state index in [0.29, 0.717) is 19.3 Å². The smallest absolute Gasteiger partial charge is 0.319 e. The van der Waals surface area contributed by atoms with Crippen LogP contribution in [0.2, 0.25) is 0 Å². The minimum absolute atomic E-state index is 0.140. The van der Waals surface area contributed by atoms with Gasteiger partial charge in [0.15, 0.2) is 0 Å². The quantitative estimate of drug-likeness (QED) is 0.766. The van der Waals surface area contributed by atoms with Gasteiger partial charge in [0.05, 0.1) is 13.2 Å². The maximum Gasteiger partial charge on any atom is 0.319 e. The van der Waals surface area contributed by atoms with Crippen molar-refractivity contribution in [2.24, 2.45) is 0 Å². The van der Waals surface area contributed by atoms with Crippen LogP contribution in [0.4, 0.5) is 4.79 Å². The highest BCUT2D eigenvalue weighted by molar-refractivity contribution is 5.74. The lowest BCUT2D eigenvalue weighted by Gasteiger charge is -2.33. The number of amides is 2. The molecule has 0 aromatic carbocycles. The van der Waals surface area contributed by atoms with Crippen molar-refractivity contribution in [2.45, 2.75) is 25.3 Å². The lowest BCUT2D eigenvalue weighted by Crippen LogP contribution is -2.51. The molecular weight excluding hydrogens is 218 g/mol. The van der Waals surface area contributed by atoms with Crippen LogP contribution in [0.1, 0.15) is 19.3 Å². The summed E-state index contributed by atoms with van der Waals surface area (Å²) in [6.45, 7) is 4.69. The number of nitrogens with zero attached hydrogens (tertiary/aromatic N) is 2. The van der Waals surface area contributed by atoms with Crippen molar-refractivity contribution in [3.8, 4) is 0 Å². The predicted octanol–water partition coefficient (Wildman–Crippen LogP) is 0.513. The third kappa shape index (κ3) is 3.57. The number of hydrogen-bond donors (Lipinski definition) is 1. The molecule has 17 heavy (non-hydrogen) atoms. The van der Waals surface area contributed by atoms with Crippen LogP contribution in [0.5, 0.6) is 0 Å². The summed E-state index contributed by atoms with van der Waals surface area (Å²) in [7, 11) is 1.90. The van der Waals surface area contributed by atoms with Gasteiger partial charge >= 0.3 is 6.03 Å². The van der Waals surface area contributed by atoms with Crippen molar-refractivity contribution in [1.29, 1.82) is 0 Å². The number of nitrogens with one attached hydrogen (secondary N) is 1. The molecule has 2 aliphatic rings. The van der Waals surface area contributed by atoms with Crippen molar-refractivity contribution < 1.29 is 9.53 Å². The highest BCUT2D eigenvalue weighted by atomic mass is 16.5. The van der Waals surface area contributed by atoms with Crippen LogP contribution in [0.15, 0.2) is 0 Å². The second-order valence-corrected chi connectivity index (χ2v) is 4.91. The van der Waals surface area contributed by atoms with Gasteiger partial charge in [-0.25, -0.2) is 4.79 Å². The largest absolute Gasteiger partial charge is 0.378 e. The number of carbonyl (C=O) groups is 1. The first kappa shape index (κ1) is 12.6.